The molecule has 1 aliphatic heterocycles. The Balaban J connectivity index is 2.27. The molecule has 1 aliphatic rings. The third-order valence-electron chi connectivity index (χ3n) is 6.43. The van der Waals surface area contributed by atoms with Crippen molar-refractivity contribution in [2.24, 2.45) is 0 Å². The van der Waals surface area contributed by atoms with Crippen LogP contribution < -0.4 is 19.1 Å². The van der Waals surface area contributed by atoms with Crippen molar-refractivity contribution in [2.75, 3.05) is 25.7 Å². The summed E-state index contributed by atoms with van der Waals surface area (Å²) in [5.74, 6) is -3.38. The lowest BCUT2D eigenvalue weighted by Gasteiger charge is -2.36. The number of ether oxygens (including phenoxy) is 5. The van der Waals surface area contributed by atoms with Crippen LogP contribution in [0.25, 0.3) is 21.9 Å². The Morgan fingerprint density at radius 2 is 1.34 bits per heavy atom. The van der Waals surface area contributed by atoms with Crippen molar-refractivity contribution in [3.05, 3.63) is 41.5 Å². The van der Waals surface area contributed by atoms with Gasteiger partial charge in [-0.2, -0.15) is 0 Å². The van der Waals surface area contributed by atoms with Gasteiger partial charge < -0.3 is 28.6 Å². The van der Waals surface area contributed by atoms with Gasteiger partial charge in [0.1, 0.15) is 0 Å². The first-order valence-corrected chi connectivity index (χ1v) is 12.8. The van der Waals surface area contributed by atoms with Crippen LogP contribution in [0, 0.1) is 0 Å². The van der Waals surface area contributed by atoms with Crippen LogP contribution in [0.5, 0.6) is 17.2 Å². The Morgan fingerprint density at radius 1 is 0.756 bits per heavy atom. The fourth-order valence-electron chi connectivity index (χ4n) is 4.93. The van der Waals surface area contributed by atoms with E-state index in [-0.39, 0.29) is 33.9 Å². The molecule has 0 aromatic heterocycles. The number of hydrogen-bond acceptors (Lipinski definition) is 11. The van der Waals surface area contributed by atoms with E-state index < -0.39 is 29.8 Å². The summed E-state index contributed by atoms with van der Waals surface area (Å²) in [6, 6.07) is 7.76. The molecule has 0 saturated carbocycles. The SMILES string of the molecule is CCCCN1c2cc(OC(C)=O)c(OC(C)=O)cc2-c2c(C(=O)OC)c(C(=O)OC)cc3ccc(OC(C)=O)c1c23. The predicted octanol–water partition coefficient (Wildman–Crippen LogP) is 5.11. The molecule has 0 spiro atoms. The third kappa shape index (κ3) is 5.43. The smallest absolute Gasteiger partial charge is 0.339 e. The Hall–Kier alpha value is -4.93. The molecule has 0 fully saturated rings. The third-order valence-corrected chi connectivity index (χ3v) is 6.43. The van der Waals surface area contributed by atoms with Gasteiger partial charge in [0.2, 0.25) is 0 Å². The maximum absolute atomic E-state index is 13.3. The average Bonchev–Trinajstić information content (AvgIpc) is 2.92. The Bertz CT molecular complexity index is 1610. The van der Waals surface area contributed by atoms with Crippen molar-refractivity contribution < 1.29 is 47.7 Å². The zero-order valence-electron chi connectivity index (χ0n) is 23.5. The molecule has 11 nitrogen and oxygen atoms in total. The van der Waals surface area contributed by atoms with Crippen molar-refractivity contribution in [1.29, 1.82) is 0 Å². The van der Waals surface area contributed by atoms with Gasteiger partial charge in [-0.05, 0) is 30.0 Å². The molecule has 214 valence electrons. The van der Waals surface area contributed by atoms with Gasteiger partial charge in [0, 0.05) is 49.9 Å². The quantitative estimate of drug-likeness (QED) is 0.267. The fourth-order valence-corrected chi connectivity index (χ4v) is 4.93. The molecule has 0 atom stereocenters. The normalized spacial score (nSPS) is 11.4. The number of esters is 5. The molecule has 11 heteroatoms. The fraction of sp³-hybridized carbons (Fsp3) is 0.300. The van der Waals surface area contributed by atoms with E-state index in [1.165, 1.54) is 53.2 Å². The molecule has 3 aromatic rings. The van der Waals surface area contributed by atoms with Gasteiger partial charge in [-0.15, -0.1) is 0 Å². The van der Waals surface area contributed by atoms with E-state index in [1.54, 1.807) is 12.1 Å². The summed E-state index contributed by atoms with van der Waals surface area (Å²) in [6.07, 6.45) is 1.53. The van der Waals surface area contributed by atoms with Crippen LogP contribution >= 0.6 is 0 Å². The summed E-state index contributed by atoms with van der Waals surface area (Å²) >= 11 is 0. The topological polar surface area (TPSA) is 135 Å². The number of unbranched alkanes of at least 4 members (excludes halogenated alkanes) is 1. The minimum absolute atomic E-state index is 0.0404. The molecule has 3 aromatic carbocycles. The van der Waals surface area contributed by atoms with Crippen molar-refractivity contribution in [3.63, 3.8) is 0 Å². The number of hydrogen-bond donors (Lipinski definition) is 0. The van der Waals surface area contributed by atoms with Crippen LogP contribution in [-0.2, 0) is 23.9 Å². The minimum atomic E-state index is -0.822. The number of rotatable bonds is 8. The Labute approximate surface area is 235 Å². The first kappa shape index (κ1) is 29.1. The molecule has 4 rings (SSSR count). The van der Waals surface area contributed by atoms with Gasteiger partial charge in [0.25, 0.3) is 0 Å². The van der Waals surface area contributed by atoms with Crippen LogP contribution in [0.2, 0.25) is 0 Å². The lowest BCUT2D eigenvalue weighted by molar-refractivity contribution is -0.134. The Morgan fingerprint density at radius 3 is 1.90 bits per heavy atom. The largest absolute Gasteiger partial charge is 0.465 e. The molecule has 0 aliphatic carbocycles. The number of anilines is 2. The van der Waals surface area contributed by atoms with Crippen molar-refractivity contribution >= 4 is 52.0 Å². The lowest BCUT2D eigenvalue weighted by atomic mass is 9.84. The van der Waals surface area contributed by atoms with Gasteiger partial charge >= 0.3 is 29.8 Å². The highest BCUT2D eigenvalue weighted by molar-refractivity contribution is 6.22. The van der Waals surface area contributed by atoms with E-state index in [2.05, 4.69) is 0 Å². The zero-order valence-corrected chi connectivity index (χ0v) is 23.5. The van der Waals surface area contributed by atoms with Gasteiger partial charge in [-0.25, -0.2) is 9.59 Å². The standard InChI is InChI=1S/C30H29NO10/c1-7-8-11-31-21-14-24(41-17(4)34)23(40-16(3)33)13-19(21)26-25-18(9-10-22(28(25)31)39-15(2)32)12-20(29(35)37-5)27(26)30(36)38-6/h9-10,12-14H,7-8,11H2,1-6H3. The number of carbonyl (C=O) groups excluding carboxylic acids is 5. The van der Waals surface area contributed by atoms with E-state index in [0.717, 1.165) is 6.42 Å². The summed E-state index contributed by atoms with van der Waals surface area (Å²) in [5.41, 5.74) is 1.41. The molecule has 0 bridgehead atoms. The van der Waals surface area contributed by atoms with Gasteiger partial charge in [0.05, 0.1) is 36.7 Å². The minimum Gasteiger partial charge on any atom is -0.465 e. The molecular formula is C30H29NO10. The lowest BCUT2D eigenvalue weighted by Crippen LogP contribution is -2.25. The molecule has 0 saturated heterocycles. The zero-order chi connectivity index (χ0) is 30.0. The van der Waals surface area contributed by atoms with Crippen LogP contribution in [0.4, 0.5) is 11.4 Å². The summed E-state index contributed by atoms with van der Waals surface area (Å²) in [6.45, 7) is 6.13. The second-order valence-corrected chi connectivity index (χ2v) is 9.27. The summed E-state index contributed by atoms with van der Waals surface area (Å²) in [5, 5.41) is 1.04. The van der Waals surface area contributed by atoms with E-state index in [4.69, 9.17) is 23.7 Å². The van der Waals surface area contributed by atoms with Crippen LogP contribution in [-0.4, -0.2) is 50.6 Å². The molecule has 0 N–H and O–H groups in total. The first-order valence-electron chi connectivity index (χ1n) is 12.8. The molecule has 41 heavy (non-hydrogen) atoms. The van der Waals surface area contributed by atoms with Gasteiger partial charge in [0.15, 0.2) is 17.2 Å². The molecule has 0 unspecified atom stereocenters. The first-order chi connectivity index (χ1) is 19.5. The molecule has 0 amide bonds. The number of benzene rings is 3. The highest BCUT2D eigenvalue weighted by Gasteiger charge is 2.36. The molecule has 1 heterocycles. The maximum Gasteiger partial charge on any atom is 0.339 e. The summed E-state index contributed by atoms with van der Waals surface area (Å²) in [7, 11) is 2.38. The second kappa shape index (κ2) is 11.7. The van der Waals surface area contributed by atoms with Crippen molar-refractivity contribution in [1.82, 2.24) is 0 Å². The highest BCUT2D eigenvalue weighted by atomic mass is 16.6. The number of methoxy groups -OCH3 is 2. The van der Waals surface area contributed by atoms with Crippen molar-refractivity contribution in [2.45, 2.75) is 40.5 Å². The van der Waals surface area contributed by atoms with Gasteiger partial charge in [-0.3, -0.25) is 14.4 Å². The van der Waals surface area contributed by atoms with Gasteiger partial charge in [-0.1, -0.05) is 19.4 Å². The number of fused-ring (bicyclic) bond motifs is 2. The van der Waals surface area contributed by atoms with Crippen LogP contribution in [0.15, 0.2) is 30.3 Å². The Kier molecular flexibility index (Phi) is 8.27. The molecular weight excluding hydrogens is 534 g/mol. The summed E-state index contributed by atoms with van der Waals surface area (Å²) in [4.78, 5) is 64.3. The summed E-state index contributed by atoms with van der Waals surface area (Å²) < 4.78 is 26.5. The van der Waals surface area contributed by atoms with Crippen molar-refractivity contribution in [3.8, 4) is 28.4 Å². The van der Waals surface area contributed by atoms with E-state index in [1.807, 2.05) is 11.8 Å². The maximum atomic E-state index is 13.3. The monoisotopic (exact) mass is 563 g/mol. The number of nitrogens with zero attached hydrogens (tertiary/aromatic N) is 1. The molecule has 0 radical (unpaired) electrons. The van der Waals surface area contributed by atoms with Crippen LogP contribution in [0.1, 0.15) is 61.3 Å². The van der Waals surface area contributed by atoms with E-state index in [9.17, 15) is 24.0 Å². The second-order valence-electron chi connectivity index (χ2n) is 9.27. The highest BCUT2D eigenvalue weighted by Crippen LogP contribution is 2.55. The van der Waals surface area contributed by atoms with E-state index >= 15 is 0 Å². The van der Waals surface area contributed by atoms with Crippen LogP contribution in [0.3, 0.4) is 0 Å². The predicted molar refractivity (Wildman–Crippen MR) is 148 cm³/mol. The number of carbonyl (C=O) groups is 5. The average molecular weight is 564 g/mol. The van der Waals surface area contributed by atoms with E-state index in [0.29, 0.717) is 40.7 Å².